The number of thioether (sulfide) groups is 1. The number of nitrogens with one attached hydrogen (secondary N) is 1. The molecule has 1 aromatic carbocycles. The smallest absolute Gasteiger partial charge is 0.153 e. The highest BCUT2D eigenvalue weighted by molar-refractivity contribution is 8.09. The molecule has 31 heavy (non-hydrogen) atoms. The summed E-state index contributed by atoms with van der Waals surface area (Å²) >= 11 is 1.82. The van der Waals surface area contributed by atoms with Gasteiger partial charge in [-0.1, -0.05) is 30.0 Å². The van der Waals surface area contributed by atoms with Crippen LogP contribution in [-0.2, 0) is 0 Å². The van der Waals surface area contributed by atoms with Crippen molar-refractivity contribution in [1.82, 2.24) is 19.8 Å². The summed E-state index contributed by atoms with van der Waals surface area (Å²) in [5.74, 6) is 2.58. The average Bonchev–Trinajstić information content (AvgIpc) is 3.08. The molecule has 0 bridgehead atoms. The fraction of sp³-hybridized carbons (Fsp3) is 0.478. The Morgan fingerprint density at radius 3 is 2.48 bits per heavy atom. The predicted molar refractivity (Wildman–Crippen MR) is 129 cm³/mol. The minimum absolute atomic E-state index is 0.0811. The van der Waals surface area contributed by atoms with E-state index >= 15 is 0 Å². The first kappa shape index (κ1) is 21.9. The molecule has 0 spiro atoms. The van der Waals surface area contributed by atoms with Gasteiger partial charge in [-0.25, -0.2) is 9.97 Å². The van der Waals surface area contributed by atoms with Gasteiger partial charge in [0.05, 0.1) is 6.61 Å². The third-order valence-corrected chi connectivity index (χ3v) is 7.10. The molecular formula is C23H32N6OS. The number of aryl methyl sites for hydroxylation is 3. The number of aromatic nitrogens is 2. The highest BCUT2D eigenvalue weighted by Gasteiger charge is 2.26. The molecule has 166 valence electrons. The molecule has 0 amide bonds. The molecule has 1 unspecified atom stereocenters. The van der Waals surface area contributed by atoms with Crippen molar-refractivity contribution >= 4 is 28.3 Å². The minimum Gasteiger partial charge on any atom is -0.395 e. The molecule has 2 aliphatic heterocycles. The number of hydrogen-bond acceptors (Lipinski definition) is 8. The van der Waals surface area contributed by atoms with Gasteiger partial charge < -0.3 is 20.2 Å². The van der Waals surface area contributed by atoms with Crippen molar-refractivity contribution in [2.24, 2.45) is 0 Å². The van der Waals surface area contributed by atoms with Gasteiger partial charge in [0.1, 0.15) is 17.5 Å². The Kier molecular flexibility index (Phi) is 6.69. The van der Waals surface area contributed by atoms with Gasteiger partial charge in [-0.15, -0.1) is 0 Å². The molecule has 7 nitrogen and oxygen atoms in total. The number of benzene rings is 1. The Morgan fingerprint density at radius 2 is 1.81 bits per heavy atom. The quantitative estimate of drug-likeness (QED) is 0.711. The molecule has 2 aromatic rings. The van der Waals surface area contributed by atoms with Crippen molar-refractivity contribution in [2.45, 2.75) is 26.3 Å². The lowest BCUT2D eigenvalue weighted by molar-refractivity contribution is 0.188. The summed E-state index contributed by atoms with van der Waals surface area (Å²) < 4.78 is 0. The summed E-state index contributed by atoms with van der Waals surface area (Å²) in [6, 6.07) is 8.51. The number of aliphatic hydroxyl groups excluding tert-OH is 1. The maximum atomic E-state index is 9.16. The minimum atomic E-state index is 0.0811. The fourth-order valence-corrected chi connectivity index (χ4v) is 5.52. The standard InChI is InChI=1S/C23H32N6OS/c1-16-6-5-7-17(2)22(16)19-15-27(4)23(31-19)26-20-14-21(25-18(3)24-20)29-10-8-28(9-11-29)12-13-30/h5-7,14-15,23,30H,8-13H2,1-4H3,(H,24,25,26). The number of piperazine rings is 1. The van der Waals surface area contributed by atoms with Crippen LogP contribution in [0.3, 0.4) is 0 Å². The number of nitrogens with zero attached hydrogens (tertiary/aromatic N) is 5. The lowest BCUT2D eigenvalue weighted by atomic mass is 10.0. The predicted octanol–water partition coefficient (Wildman–Crippen LogP) is 2.89. The van der Waals surface area contributed by atoms with Crippen LogP contribution in [-0.4, -0.2) is 76.8 Å². The van der Waals surface area contributed by atoms with E-state index in [2.05, 4.69) is 81.3 Å². The van der Waals surface area contributed by atoms with Crippen LogP contribution < -0.4 is 10.2 Å². The monoisotopic (exact) mass is 440 g/mol. The van der Waals surface area contributed by atoms with Crippen molar-refractivity contribution in [3.63, 3.8) is 0 Å². The Bertz CT molecular complexity index is 937. The first-order chi connectivity index (χ1) is 14.9. The van der Waals surface area contributed by atoms with E-state index in [0.29, 0.717) is 0 Å². The number of aliphatic hydroxyl groups is 1. The summed E-state index contributed by atoms with van der Waals surface area (Å²) in [4.78, 5) is 17.4. The molecule has 1 aromatic heterocycles. The first-order valence-electron chi connectivity index (χ1n) is 10.8. The van der Waals surface area contributed by atoms with Crippen molar-refractivity contribution in [1.29, 1.82) is 0 Å². The number of rotatable bonds is 6. The van der Waals surface area contributed by atoms with Crippen LogP contribution in [0.4, 0.5) is 11.6 Å². The third kappa shape index (κ3) is 4.97. The molecule has 3 heterocycles. The van der Waals surface area contributed by atoms with E-state index in [9.17, 15) is 0 Å². The first-order valence-corrected chi connectivity index (χ1v) is 11.7. The highest BCUT2D eigenvalue weighted by atomic mass is 32.2. The van der Waals surface area contributed by atoms with E-state index in [1.165, 1.54) is 21.6 Å². The van der Waals surface area contributed by atoms with Gasteiger partial charge in [0, 0.05) is 56.9 Å². The molecule has 0 saturated carbocycles. The fourth-order valence-electron chi connectivity index (χ4n) is 4.20. The summed E-state index contributed by atoms with van der Waals surface area (Å²) in [5.41, 5.74) is 4.00. The van der Waals surface area contributed by atoms with E-state index in [1.807, 2.05) is 18.7 Å². The van der Waals surface area contributed by atoms with Gasteiger partial charge >= 0.3 is 0 Å². The summed E-state index contributed by atoms with van der Waals surface area (Å²) in [6.45, 7) is 10.9. The Morgan fingerprint density at radius 1 is 1.10 bits per heavy atom. The van der Waals surface area contributed by atoms with Crippen molar-refractivity contribution in [3.8, 4) is 0 Å². The summed E-state index contributed by atoms with van der Waals surface area (Å²) in [5, 5.41) is 12.8. The zero-order chi connectivity index (χ0) is 22.0. The van der Waals surface area contributed by atoms with Crippen LogP contribution in [0.15, 0.2) is 30.5 Å². The van der Waals surface area contributed by atoms with E-state index < -0.39 is 0 Å². The average molecular weight is 441 g/mol. The highest BCUT2D eigenvalue weighted by Crippen LogP contribution is 2.41. The zero-order valence-electron chi connectivity index (χ0n) is 18.8. The van der Waals surface area contributed by atoms with Gasteiger partial charge in [0.25, 0.3) is 0 Å². The molecule has 0 aliphatic carbocycles. The molecule has 0 radical (unpaired) electrons. The topological polar surface area (TPSA) is 67.8 Å². The van der Waals surface area contributed by atoms with Crippen LogP contribution >= 0.6 is 11.8 Å². The maximum absolute atomic E-state index is 9.16. The molecule has 2 aliphatic rings. The van der Waals surface area contributed by atoms with Gasteiger partial charge in [-0.05, 0) is 37.5 Å². The van der Waals surface area contributed by atoms with E-state index in [0.717, 1.165) is 50.2 Å². The van der Waals surface area contributed by atoms with Crippen molar-refractivity contribution < 1.29 is 5.11 Å². The van der Waals surface area contributed by atoms with Gasteiger partial charge in [-0.3, -0.25) is 4.90 Å². The SMILES string of the molecule is Cc1nc(NC2SC(c3c(C)cccc3C)=CN2C)cc(N2CCN(CCO)CC2)n1. The molecule has 1 saturated heterocycles. The number of hydrogen-bond donors (Lipinski definition) is 2. The lowest BCUT2D eigenvalue weighted by Gasteiger charge is -2.35. The van der Waals surface area contributed by atoms with Crippen LogP contribution in [0.25, 0.3) is 4.91 Å². The summed E-state index contributed by atoms with van der Waals surface area (Å²) in [7, 11) is 2.10. The van der Waals surface area contributed by atoms with Gasteiger partial charge in [-0.2, -0.15) is 0 Å². The largest absolute Gasteiger partial charge is 0.395 e. The number of anilines is 2. The normalized spacial score (nSPS) is 19.6. The Labute approximate surface area is 189 Å². The second-order valence-corrected chi connectivity index (χ2v) is 9.37. The molecule has 1 fully saturated rings. The zero-order valence-corrected chi connectivity index (χ0v) is 19.6. The molecule has 4 rings (SSSR count). The van der Waals surface area contributed by atoms with Crippen LogP contribution in [0.2, 0.25) is 0 Å². The maximum Gasteiger partial charge on any atom is 0.153 e. The van der Waals surface area contributed by atoms with Crippen molar-refractivity contribution in [3.05, 3.63) is 53.0 Å². The Balaban J connectivity index is 1.46. The molecule has 8 heteroatoms. The van der Waals surface area contributed by atoms with Gasteiger partial charge in [0.15, 0.2) is 5.50 Å². The molecular weight excluding hydrogens is 408 g/mol. The summed E-state index contributed by atoms with van der Waals surface area (Å²) in [6.07, 6.45) is 2.22. The second-order valence-electron chi connectivity index (χ2n) is 8.25. The van der Waals surface area contributed by atoms with E-state index in [-0.39, 0.29) is 12.1 Å². The number of β-amino-alcohol motifs (C(OH)–C–C–N with tert-alkyl or cyclic N) is 1. The molecule has 2 N–H and O–H groups in total. The Hall–Kier alpha value is -2.29. The van der Waals surface area contributed by atoms with Crippen LogP contribution in [0, 0.1) is 20.8 Å². The van der Waals surface area contributed by atoms with E-state index in [1.54, 1.807) is 0 Å². The van der Waals surface area contributed by atoms with Crippen LogP contribution in [0.5, 0.6) is 0 Å². The van der Waals surface area contributed by atoms with Gasteiger partial charge in [0.2, 0.25) is 0 Å². The second kappa shape index (κ2) is 9.46. The van der Waals surface area contributed by atoms with Crippen molar-refractivity contribution in [2.75, 3.05) is 56.6 Å². The van der Waals surface area contributed by atoms with E-state index in [4.69, 9.17) is 5.11 Å². The molecule has 1 atom stereocenters. The van der Waals surface area contributed by atoms with Crippen LogP contribution in [0.1, 0.15) is 22.5 Å². The third-order valence-electron chi connectivity index (χ3n) is 5.87. The lowest BCUT2D eigenvalue weighted by Crippen LogP contribution is -2.47.